The number of nitrogens with zero attached hydrogens (tertiary/aromatic N) is 2. The molecule has 3 aromatic rings. The van der Waals surface area contributed by atoms with Gasteiger partial charge in [0, 0.05) is 17.1 Å². The molecule has 208 valence electrons. The summed E-state index contributed by atoms with van der Waals surface area (Å²) in [4.78, 5) is 28.6. The standard InChI is InChI=1S/C30H36BrN3O4S/c1-6-23(4)32-30(36)24(5)33(19-25-13-15-26(31)16-14-25)29(35)20-34(27-17-12-21(2)22(3)18-27)39(37,38)28-10-8-7-9-11-28/h7-18,23-24H,6,19-20H2,1-5H3,(H,32,36). The highest BCUT2D eigenvalue weighted by Gasteiger charge is 2.32. The van der Waals surface area contributed by atoms with Crippen molar-refractivity contribution in [1.29, 1.82) is 0 Å². The highest BCUT2D eigenvalue weighted by molar-refractivity contribution is 9.10. The Morgan fingerprint density at radius 3 is 2.15 bits per heavy atom. The van der Waals surface area contributed by atoms with E-state index in [-0.39, 0.29) is 23.4 Å². The molecule has 0 bridgehead atoms. The predicted molar refractivity (Wildman–Crippen MR) is 159 cm³/mol. The van der Waals surface area contributed by atoms with E-state index in [0.29, 0.717) is 5.69 Å². The Kier molecular flexibility index (Phi) is 10.3. The van der Waals surface area contributed by atoms with Gasteiger partial charge in [0.15, 0.2) is 0 Å². The molecule has 0 radical (unpaired) electrons. The second-order valence-electron chi connectivity index (χ2n) is 9.74. The number of aryl methyl sites for hydroxylation is 2. The molecule has 2 unspecified atom stereocenters. The smallest absolute Gasteiger partial charge is 0.264 e. The van der Waals surface area contributed by atoms with Gasteiger partial charge in [0.2, 0.25) is 11.8 Å². The van der Waals surface area contributed by atoms with Crippen LogP contribution in [0.3, 0.4) is 0 Å². The predicted octanol–water partition coefficient (Wildman–Crippen LogP) is 5.59. The second-order valence-corrected chi connectivity index (χ2v) is 12.5. The fourth-order valence-corrected chi connectivity index (χ4v) is 5.66. The summed E-state index contributed by atoms with van der Waals surface area (Å²) in [6.45, 7) is 9.06. The van der Waals surface area contributed by atoms with Crippen LogP contribution in [-0.4, -0.2) is 43.8 Å². The normalized spacial score (nSPS) is 12.9. The third kappa shape index (κ3) is 7.70. The maximum absolute atomic E-state index is 14.0. The lowest BCUT2D eigenvalue weighted by molar-refractivity contribution is -0.139. The van der Waals surface area contributed by atoms with Crippen LogP contribution in [0.4, 0.5) is 5.69 Å². The highest BCUT2D eigenvalue weighted by Crippen LogP contribution is 2.26. The fourth-order valence-electron chi connectivity index (χ4n) is 3.96. The molecule has 0 aliphatic carbocycles. The zero-order chi connectivity index (χ0) is 28.7. The minimum atomic E-state index is -4.08. The lowest BCUT2D eigenvalue weighted by Gasteiger charge is -2.32. The van der Waals surface area contributed by atoms with Crippen LogP contribution in [0, 0.1) is 13.8 Å². The molecule has 0 aliphatic rings. The van der Waals surface area contributed by atoms with Gasteiger partial charge in [0.25, 0.3) is 10.0 Å². The first-order chi connectivity index (χ1) is 18.4. The molecule has 0 saturated carbocycles. The van der Waals surface area contributed by atoms with Crippen molar-refractivity contribution >= 4 is 43.5 Å². The molecule has 1 N–H and O–H groups in total. The van der Waals surface area contributed by atoms with Crippen LogP contribution in [0.2, 0.25) is 0 Å². The van der Waals surface area contributed by atoms with Crippen molar-refractivity contribution in [3.05, 3.63) is 94.0 Å². The minimum absolute atomic E-state index is 0.0601. The Morgan fingerprint density at radius 1 is 0.923 bits per heavy atom. The largest absolute Gasteiger partial charge is 0.352 e. The van der Waals surface area contributed by atoms with Crippen LogP contribution in [0.1, 0.15) is 43.9 Å². The Labute approximate surface area is 240 Å². The van der Waals surface area contributed by atoms with E-state index in [0.717, 1.165) is 31.9 Å². The van der Waals surface area contributed by atoms with Crippen molar-refractivity contribution in [2.24, 2.45) is 0 Å². The molecule has 0 fully saturated rings. The maximum Gasteiger partial charge on any atom is 0.264 e. The molecule has 3 aromatic carbocycles. The van der Waals surface area contributed by atoms with E-state index in [1.54, 1.807) is 37.3 Å². The van der Waals surface area contributed by atoms with Crippen molar-refractivity contribution in [1.82, 2.24) is 10.2 Å². The van der Waals surface area contributed by atoms with E-state index in [2.05, 4.69) is 21.2 Å². The van der Waals surface area contributed by atoms with Crippen molar-refractivity contribution in [3.8, 4) is 0 Å². The number of rotatable bonds is 11. The van der Waals surface area contributed by atoms with Crippen molar-refractivity contribution in [2.75, 3.05) is 10.8 Å². The zero-order valence-electron chi connectivity index (χ0n) is 23.0. The first-order valence-corrected chi connectivity index (χ1v) is 15.2. The molecular formula is C30H36BrN3O4S. The molecule has 9 heteroatoms. The highest BCUT2D eigenvalue weighted by atomic mass is 79.9. The molecule has 2 atom stereocenters. The fraction of sp³-hybridized carbons (Fsp3) is 0.333. The summed E-state index contributed by atoms with van der Waals surface area (Å²) in [7, 11) is -4.08. The Morgan fingerprint density at radius 2 is 1.56 bits per heavy atom. The van der Waals surface area contributed by atoms with E-state index in [9.17, 15) is 18.0 Å². The molecule has 0 spiro atoms. The summed E-state index contributed by atoms with van der Waals surface area (Å²) < 4.78 is 29.7. The molecule has 0 heterocycles. The molecule has 7 nitrogen and oxygen atoms in total. The van der Waals surface area contributed by atoms with Crippen LogP contribution < -0.4 is 9.62 Å². The van der Waals surface area contributed by atoms with Gasteiger partial charge in [0.05, 0.1) is 10.6 Å². The summed E-state index contributed by atoms with van der Waals surface area (Å²) in [6, 6.07) is 19.9. The summed E-state index contributed by atoms with van der Waals surface area (Å²) in [5.74, 6) is -0.777. The average Bonchev–Trinajstić information content (AvgIpc) is 2.92. The number of carbonyl (C=O) groups excluding carboxylic acids is 2. The van der Waals surface area contributed by atoms with E-state index >= 15 is 0 Å². The van der Waals surface area contributed by atoms with Crippen LogP contribution in [0.5, 0.6) is 0 Å². The third-order valence-corrected chi connectivity index (χ3v) is 9.14. The van der Waals surface area contributed by atoms with Crippen molar-refractivity contribution in [3.63, 3.8) is 0 Å². The van der Waals surface area contributed by atoms with Crippen LogP contribution in [0.15, 0.2) is 82.2 Å². The topological polar surface area (TPSA) is 86.8 Å². The average molecular weight is 615 g/mol. The molecule has 0 aliphatic heterocycles. The number of hydrogen-bond acceptors (Lipinski definition) is 4. The van der Waals surface area contributed by atoms with Crippen LogP contribution in [0.25, 0.3) is 0 Å². The number of anilines is 1. The Bertz CT molecular complexity index is 1400. The molecule has 3 rings (SSSR count). The number of halogens is 1. The van der Waals surface area contributed by atoms with Crippen molar-refractivity contribution < 1.29 is 18.0 Å². The van der Waals surface area contributed by atoms with Gasteiger partial charge in [0.1, 0.15) is 12.6 Å². The van der Waals surface area contributed by atoms with Gasteiger partial charge in [-0.3, -0.25) is 13.9 Å². The van der Waals surface area contributed by atoms with Gasteiger partial charge in [-0.15, -0.1) is 0 Å². The zero-order valence-corrected chi connectivity index (χ0v) is 25.4. The number of amides is 2. The van der Waals surface area contributed by atoms with Crippen LogP contribution in [-0.2, 0) is 26.2 Å². The number of carbonyl (C=O) groups is 2. The van der Waals surface area contributed by atoms with Gasteiger partial charge in [-0.05, 0) is 87.2 Å². The van der Waals surface area contributed by atoms with E-state index < -0.39 is 28.5 Å². The van der Waals surface area contributed by atoms with Crippen LogP contribution >= 0.6 is 15.9 Å². The van der Waals surface area contributed by atoms with Gasteiger partial charge >= 0.3 is 0 Å². The van der Waals surface area contributed by atoms with Gasteiger partial charge in [-0.1, -0.05) is 59.3 Å². The molecule has 2 amide bonds. The van der Waals surface area contributed by atoms with E-state index in [1.165, 1.54) is 17.0 Å². The summed E-state index contributed by atoms with van der Waals surface area (Å²) in [6.07, 6.45) is 0.745. The molecule has 39 heavy (non-hydrogen) atoms. The number of hydrogen-bond donors (Lipinski definition) is 1. The quantitative estimate of drug-likeness (QED) is 0.305. The molecule has 0 aromatic heterocycles. The Hall–Kier alpha value is -3.17. The van der Waals surface area contributed by atoms with Gasteiger partial charge in [-0.25, -0.2) is 8.42 Å². The monoisotopic (exact) mass is 613 g/mol. The number of benzene rings is 3. The summed E-state index contributed by atoms with van der Waals surface area (Å²) in [5, 5.41) is 2.94. The number of sulfonamides is 1. The number of nitrogens with one attached hydrogen (secondary N) is 1. The lowest BCUT2D eigenvalue weighted by atomic mass is 10.1. The second kappa shape index (κ2) is 13.3. The molecule has 0 saturated heterocycles. The Balaban J connectivity index is 2.03. The van der Waals surface area contributed by atoms with Crippen molar-refractivity contribution in [2.45, 2.75) is 64.6 Å². The first kappa shape index (κ1) is 30.4. The van der Waals surface area contributed by atoms with E-state index in [1.807, 2.05) is 58.0 Å². The van der Waals surface area contributed by atoms with E-state index in [4.69, 9.17) is 0 Å². The molecular weight excluding hydrogens is 578 g/mol. The maximum atomic E-state index is 14.0. The van der Waals surface area contributed by atoms with Gasteiger partial charge in [-0.2, -0.15) is 0 Å². The SMILES string of the molecule is CCC(C)NC(=O)C(C)N(Cc1ccc(Br)cc1)C(=O)CN(c1ccc(C)c(C)c1)S(=O)(=O)c1ccccc1. The minimum Gasteiger partial charge on any atom is -0.352 e. The summed E-state index contributed by atoms with van der Waals surface area (Å²) in [5.41, 5.74) is 3.12. The third-order valence-electron chi connectivity index (χ3n) is 6.82. The lowest BCUT2D eigenvalue weighted by Crippen LogP contribution is -2.52. The first-order valence-electron chi connectivity index (χ1n) is 12.9. The summed E-state index contributed by atoms with van der Waals surface area (Å²) >= 11 is 3.42. The van der Waals surface area contributed by atoms with Gasteiger partial charge < -0.3 is 10.2 Å².